The smallest absolute Gasteiger partial charge is 0.259 e. The summed E-state index contributed by atoms with van der Waals surface area (Å²) in [6.07, 6.45) is 3.37. The van der Waals surface area contributed by atoms with Crippen molar-refractivity contribution in [3.8, 4) is 0 Å². The van der Waals surface area contributed by atoms with E-state index in [4.69, 9.17) is 4.52 Å². The molecule has 3 heterocycles. The van der Waals surface area contributed by atoms with Gasteiger partial charge in [-0.15, -0.1) is 0 Å². The molecule has 0 N–H and O–H groups in total. The summed E-state index contributed by atoms with van der Waals surface area (Å²) in [4.78, 5) is 17.6. The lowest BCUT2D eigenvalue weighted by Crippen LogP contribution is -2.52. The van der Waals surface area contributed by atoms with Crippen LogP contribution in [-0.2, 0) is 0 Å². The molecule has 2 saturated heterocycles. The van der Waals surface area contributed by atoms with Crippen LogP contribution in [0.15, 0.2) is 34.9 Å². The number of benzene rings is 1. The Balaban J connectivity index is 1.48. The van der Waals surface area contributed by atoms with Crippen LogP contribution in [0.25, 0.3) is 0 Å². The standard InChI is InChI=1S/C23H31N3O2/c1-4-25-15-20(19-8-6-5-7-9-19)14-23(16-25)10-12-26(13-11-23)22(27)21-17(2)24-28-18(21)3/h5-9,20H,4,10-16H2,1-3H3/t20-/m0/s1. The summed E-state index contributed by atoms with van der Waals surface area (Å²) < 4.78 is 5.20. The van der Waals surface area contributed by atoms with Gasteiger partial charge in [-0.05, 0) is 56.6 Å². The fourth-order valence-corrected chi connectivity index (χ4v) is 5.18. The molecule has 0 bridgehead atoms. The SMILES string of the molecule is CCN1C[C@@H](c2ccccc2)CC2(CCN(C(=O)c3c(C)noc3C)CC2)C1. The second-order valence-corrected chi connectivity index (χ2v) is 8.63. The molecule has 1 amide bonds. The minimum absolute atomic E-state index is 0.0777. The third-order valence-electron chi connectivity index (χ3n) is 6.79. The van der Waals surface area contributed by atoms with Crippen LogP contribution in [-0.4, -0.2) is 53.6 Å². The molecule has 0 unspecified atom stereocenters. The Hall–Kier alpha value is -2.14. The van der Waals surface area contributed by atoms with E-state index in [-0.39, 0.29) is 5.91 Å². The number of aromatic nitrogens is 1. The Morgan fingerprint density at radius 2 is 1.93 bits per heavy atom. The summed E-state index contributed by atoms with van der Waals surface area (Å²) in [5.74, 6) is 1.29. The molecule has 0 saturated carbocycles. The van der Waals surface area contributed by atoms with Gasteiger partial charge in [-0.25, -0.2) is 0 Å². The molecule has 1 spiro atoms. The third-order valence-corrected chi connectivity index (χ3v) is 6.79. The highest BCUT2D eigenvalue weighted by molar-refractivity contribution is 5.96. The monoisotopic (exact) mass is 381 g/mol. The number of nitrogens with zero attached hydrogens (tertiary/aromatic N) is 3. The zero-order chi connectivity index (χ0) is 19.7. The third kappa shape index (κ3) is 3.60. The van der Waals surface area contributed by atoms with Crippen molar-refractivity contribution < 1.29 is 9.32 Å². The van der Waals surface area contributed by atoms with E-state index in [0.29, 0.717) is 28.4 Å². The van der Waals surface area contributed by atoms with Gasteiger partial charge in [-0.3, -0.25) is 4.79 Å². The van der Waals surface area contributed by atoms with E-state index in [9.17, 15) is 4.79 Å². The number of hydrogen-bond acceptors (Lipinski definition) is 4. The molecule has 1 aromatic heterocycles. The normalized spacial score (nSPS) is 22.5. The van der Waals surface area contributed by atoms with Crippen LogP contribution in [0.4, 0.5) is 0 Å². The Labute approximate surface area is 167 Å². The number of hydrogen-bond donors (Lipinski definition) is 0. The van der Waals surface area contributed by atoms with Crippen molar-refractivity contribution >= 4 is 5.91 Å². The largest absolute Gasteiger partial charge is 0.361 e. The van der Waals surface area contributed by atoms with Gasteiger partial charge in [0.15, 0.2) is 0 Å². The molecule has 150 valence electrons. The van der Waals surface area contributed by atoms with Gasteiger partial charge in [0.25, 0.3) is 5.91 Å². The van der Waals surface area contributed by atoms with Crippen molar-refractivity contribution in [3.05, 3.63) is 52.9 Å². The number of amides is 1. The number of rotatable bonds is 3. The Morgan fingerprint density at radius 3 is 2.54 bits per heavy atom. The lowest BCUT2D eigenvalue weighted by molar-refractivity contribution is 0.0157. The van der Waals surface area contributed by atoms with E-state index in [0.717, 1.165) is 45.6 Å². The lowest BCUT2D eigenvalue weighted by Gasteiger charge is -2.50. The number of likely N-dealkylation sites (tertiary alicyclic amines) is 2. The van der Waals surface area contributed by atoms with Crippen molar-refractivity contribution in [3.63, 3.8) is 0 Å². The van der Waals surface area contributed by atoms with E-state index < -0.39 is 0 Å². The molecule has 4 rings (SSSR count). The summed E-state index contributed by atoms with van der Waals surface area (Å²) in [7, 11) is 0. The Kier molecular flexibility index (Phi) is 5.28. The van der Waals surface area contributed by atoms with Crippen molar-refractivity contribution in [1.82, 2.24) is 15.0 Å². The van der Waals surface area contributed by atoms with Crippen LogP contribution < -0.4 is 0 Å². The number of likely N-dealkylation sites (N-methyl/N-ethyl adjacent to an activating group) is 1. The van der Waals surface area contributed by atoms with Gasteiger partial charge in [0.05, 0.1) is 5.69 Å². The van der Waals surface area contributed by atoms with Gasteiger partial charge < -0.3 is 14.3 Å². The zero-order valence-corrected chi connectivity index (χ0v) is 17.3. The molecule has 2 fully saturated rings. The van der Waals surface area contributed by atoms with Gasteiger partial charge in [0, 0.05) is 26.2 Å². The van der Waals surface area contributed by atoms with Crippen LogP contribution in [0.3, 0.4) is 0 Å². The van der Waals surface area contributed by atoms with Crippen LogP contribution in [0.5, 0.6) is 0 Å². The summed E-state index contributed by atoms with van der Waals surface area (Å²) in [6, 6.07) is 10.9. The lowest BCUT2D eigenvalue weighted by atomic mass is 9.68. The summed E-state index contributed by atoms with van der Waals surface area (Å²) in [5, 5.41) is 3.95. The first-order chi connectivity index (χ1) is 13.5. The average Bonchev–Trinajstić information content (AvgIpc) is 3.06. The van der Waals surface area contributed by atoms with E-state index >= 15 is 0 Å². The molecule has 5 nitrogen and oxygen atoms in total. The molecule has 1 aromatic carbocycles. The summed E-state index contributed by atoms with van der Waals surface area (Å²) >= 11 is 0. The van der Waals surface area contributed by atoms with Gasteiger partial charge in [0.2, 0.25) is 0 Å². The topological polar surface area (TPSA) is 49.6 Å². The Morgan fingerprint density at radius 1 is 1.21 bits per heavy atom. The number of aryl methyl sites for hydroxylation is 2. The molecule has 2 aromatic rings. The quantitative estimate of drug-likeness (QED) is 0.806. The first kappa shape index (κ1) is 19.2. The highest BCUT2D eigenvalue weighted by Gasteiger charge is 2.43. The van der Waals surface area contributed by atoms with Crippen LogP contribution in [0.2, 0.25) is 0 Å². The van der Waals surface area contributed by atoms with Crippen LogP contribution in [0.1, 0.15) is 59.5 Å². The number of carbonyl (C=O) groups excluding carboxylic acids is 1. The minimum Gasteiger partial charge on any atom is -0.361 e. The van der Waals surface area contributed by atoms with Crippen molar-refractivity contribution in [1.29, 1.82) is 0 Å². The van der Waals surface area contributed by atoms with E-state index in [1.807, 2.05) is 18.7 Å². The predicted molar refractivity (Wildman–Crippen MR) is 109 cm³/mol. The molecular weight excluding hydrogens is 350 g/mol. The maximum absolute atomic E-state index is 13.0. The van der Waals surface area contributed by atoms with E-state index in [2.05, 4.69) is 47.3 Å². The molecule has 2 aliphatic rings. The van der Waals surface area contributed by atoms with E-state index in [1.165, 1.54) is 12.0 Å². The second-order valence-electron chi connectivity index (χ2n) is 8.63. The first-order valence-corrected chi connectivity index (χ1v) is 10.5. The molecular formula is C23H31N3O2. The summed E-state index contributed by atoms with van der Waals surface area (Å²) in [6.45, 7) is 11.0. The van der Waals surface area contributed by atoms with Gasteiger partial charge in [-0.2, -0.15) is 0 Å². The highest BCUT2D eigenvalue weighted by Crippen LogP contribution is 2.45. The van der Waals surface area contributed by atoms with E-state index in [1.54, 1.807) is 0 Å². The van der Waals surface area contributed by atoms with Gasteiger partial charge in [0.1, 0.15) is 11.3 Å². The number of piperidine rings is 2. The molecule has 0 radical (unpaired) electrons. The molecule has 28 heavy (non-hydrogen) atoms. The minimum atomic E-state index is 0.0777. The molecule has 1 atom stereocenters. The fourth-order valence-electron chi connectivity index (χ4n) is 5.18. The Bertz CT molecular complexity index is 802. The van der Waals surface area contributed by atoms with Crippen LogP contribution in [0, 0.1) is 19.3 Å². The summed E-state index contributed by atoms with van der Waals surface area (Å²) in [5.41, 5.74) is 3.11. The fraction of sp³-hybridized carbons (Fsp3) is 0.565. The zero-order valence-electron chi connectivity index (χ0n) is 17.3. The number of carbonyl (C=O) groups is 1. The van der Waals surface area contributed by atoms with Crippen molar-refractivity contribution in [2.75, 3.05) is 32.7 Å². The maximum atomic E-state index is 13.0. The molecule has 0 aliphatic carbocycles. The van der Waals surface area contributed by atoms with Crippen molar-refractivity contribution in [2.45, 2.75) is 46.0 Å². The molecule has 5 heteroatoms. The predicted octanol–water partition coefficient (Wildman–Crippen LogP) is 4.02. The van der Waals surface area contributed by atoms with Crippen LogP contribution >= 0.6 is 0 Å². The maximum Gasteiger partial charge on any atom is 0.259 e. The second kappa shape index (κ2) is 7.70. The van der Waals surface area contributed by atoms with Gasteiger partial charge >= 0.3 is 0 Å². The van der Waals surface area contributed by atoms with Crippen molar-refractivity contribution in [2.24, 2.45) is 5.41 Å². The average molecular weight is 382 g/mol. The molecule has 2 aliphatic heterocycles. The first-order valence-electron chi connectivity index (χ1n) is 10.5. The highest BCUT2D eigenvalue weighted by atomic mass is 16.5. The van der Waals surface area contributed by atoms with Gasteiger partial charge in [-0.1, -0.05) is 42.4 Å².